The van der Waals surface area contributed by atoms with Crippen LogP contribution in [0.4, 0.5) is 14.5 Å². The number of benzene rings is 2. The number of nitrogens with one attached hydrogen (secondary N) is 1. The van der Waals surface area contributed by atoms with Crippen LogP contribution < -0.4 is 5.32 Å². The van der Waals surface area contributed by atoms with Gasteiger partial charge in [-0.05, 0) is 61.1 Å². The van der Waals surface area contributed by atoms with E-state index in [4.69, 9.17) is 0 Å². The van der Waals surface area contributed by atoms with Crippen molar-refractivity contribution in [1.82, 2.24) is 0 Å². The van der Waals surface area contributed by atoms with E-state index in [-0.39, 0.29) is 11.6 Å². The lowest BCUT2D eigenvalue weighted by atomic mass is 9.76. The van der Waals surface area contributed by atoms with Gasteiger partial charge in [0.05, 0.1) is 5.69 Å². The highest BCUT2D eigenvalue weighted by molar-refractivity contribution is 5.48. The summed E-state index contributed by atoms with van der Waals surface area (Å²) in [6.45, 7) is 1.95. The Balaban J connectivity index is 1.60. The SMILES string of the molecule is Cc1ccc(F)c(NC2CC(c3ccc(F)cc3)C2)c1. The van der Waals surface area contributed by atoms with Crippen LogP contribution >= 0.6 is 0 Å². The van der Waals surface area contributed by atoms with Gasteiger partial charge in [0.1, 0.15) is 11.6 Å². The van der Waals surface area contributed by atoms with Crippen molar-refractivity contribution in [2.24, 2.45) is 0 Å². The van der Waals surface area contributed by atoms with E-state index in [1.165, 1.54) is 18.2 Å². The van der Waals surface area contributed by atoms with E-state index in [0.717, 1.165) is 24.0 Å². The minimum atomic E-state index is -0.208. The predicted molar refractivity (Wildman–Crippen MR) is 76.9 cm³/mol. The molecule has 104 valence electrons. The Morgan fingerprint density at radius 1 is 1.00 bits per heavy atom. The molecule has 0 radical (unpaired) electrons. The first-order chi connectivity index (χ1) is 9.61. The highest BCUT2D eigenvalue weighted by atomic mass is 19.1. The lowest BCUT2D eigenvalue weighted by molar-refractivity contribution is 0.372. The number of aryl methyl sites for hydroxylation is 1. The molecular weight excluding hydrogens is 256 g/mol. The second kappa shape index (κ2) is 5.23. The Kier molecular flexibility index (Phi) is 3.43. The van der Waals surface area contributed by atoms with Gasteiger partial charge >= 0.3 is 0 Å². The molecule has 1 N–H and O–H groups in total. The van der Waals surface area contributed by atoms with Crippen molar-refractivity contribution >= 4 is 5.69 Å². The Morgan fingerprint density at radius 3 is 2.40 bits per heavy atom. The highest BCUT2D eigenvalue weighted by Crippen LogP contribution is 2.38. The molecule has 0 unspecified atom stereocenters. The number of rotatable bonds is 3. The zero-order valence-corrected chi connectivity index (χ0v) is 11.4. The van der Waals surface area contributed by atoms with Gasteiger partial charge in [0, 0.05) is 6.04 Å². The highest BCUT2D eigenvalue weighted by Gasteiger charge is 2.30. The minimum absolute atomic E-state index is 0.204. The quantitative estimate of drug-likeness (QED) is 0.859. The van der Waals surface area contributed by atoms with Gasteiger partial charge in [-0.2, -0.15) is 0 Å². The monoisotopic (exact) mass is 273 g/mol. The number of hydrogen-bond acceptors (Lipinski definition) is 1. The summed E-state index contributed by atoms with van der Waals surface area (Å²) in [4.78, 5) is 0. The third-order valence-corrected chi connectivity index (χ3v) is 3.96. The van der Waals surface area contributed by atoms with Gasteiger partial charge < -0.3 is 5.32 Å². The summed E-state index contributed by atoms with van der Waals surface area (Å²) in [6, 6.07) is 12.1. The number of halogens is 2. The third-order valence-electron chi connectivity index (χ3n) is 3.96. The first-order valence-corrected chi connectivity index (χ1v) is 6.90. The summed E-state index contributed by atoms with van der Waals surface area (Å²) in [5, 5.41) is 3.25. The third kappa shape index (κ3) is 2.67. The van der Waals surface area contributed by atoms with Crippen molar-refractivity contribution in [1.29, 1.82) is 0 Å². The Morgan fingerprint density at radius 2 is 1.70 bits per heavy atom. The van der Waals surface area contributed by atoms with Crippen molar-refractivity contribution < 1.29 is 8.78 Å². The van der Waals surface area contributed by atoms with Gasteiger partial charge in [0.15, 0.2) is 0 Å². The molecule has 0 spiro atoms. The molecule has 3 heteroatoms. The molecule has 1 aliphatic carbocycles. The fourth-order valence-electron chi connectivity index (χ4n) is 2.71. The molecule has 20 heavy (non-hydrogen) atoms. The zero-order valence-electron chi connectivity index (χ0n) is 11.4. The molecule has 0 aromatic heterocycles. The topological polar surface area (TPSA) is 12.0 Å². The largest absolute Gasteiger partial charge is 0.380 e. The smallest absolute Gasteiger partial charge is 0.146 e. The van der Waals surface area contributed by atoms with Gasteiger partial charge in [-0.15, -0.1) is 0 Å². The van der Waals surface area contributed by atoms with Crippen LogP contribution in [-0.2, 0) is 0 Å². The van der Waals surface area contributed by atoms with Crippen molar-refractivity contribution in [2.75, 3.05) is 5.32 Å². The molecule has 0 amide bonds. The summed E-state index contributed by atoms with van der Waals surface area (Å²) in [5.41, 5.74) is 2.78. The Labute approximate surface area is 117 Å². The maximum atomic E-state index is 13.7. The van der Waals surface area contributed by atoms with Gasteiger partial charge in [-0.3, -0.25) is 0 Å². The number of hydrogen-bond donors (Lipinski definition) is 1. The van der Waals surface area contributed by atoms with Crippen LogP contribution in [0.3, 0.4) is 0 Å². The maximum Gasteiger partial charge on any atom is 0.146 e. The van der Waals surface area contributed by atoms with E-state index in [2.05, 4.69) is 5.32 Å². The van der Waals surface area contributed by atoms with Gasteiger partial charge in [-0.25, -0.2) is 8.78 Å². The molecule has 1 nitrogen and oxygen atoms in total. The fraction of sp³-hybridized carbons (Fsp3) is 0.294. The molecule has 2 aromatic rings. The van der Waals surface area contributed by atoms with Gasteiger partial charge in [0.25, 0.3) is 0 Å². The van der Waals surface area contributed by atoms with Gasteiger partial charge in [0.2, 0.25) is 0 Å². The lowest BCUT2D eigenvalue weighted by Crippen LogP contribution is -2.34. The van der Waals surface area contributed by atoms with E-state index in [0.29, 0.717) is 17.6 Å². The first-order valence-electron chi connectivity index (χ1n) is 6.90. The molecule has 1 fully saturated rings. The van der Waals surface area contributed by atoms with Crippen LogP contribution in [0.5, 0.6) is 0 Å². The zero-order chi connectivity index (χ0) is 14.1. The Bertz CT molecular complexity index is 601. The van der Waals surface area contributed by atoms with E-state index in [9.17, 15) is 8.78 Å². The second-order valence-corrected chi connectivity index (χ2v) is 5.54. The average Bonchev–Trinajstić information content (AvgIpc) is 2.39. The molecule has 0 aliphatic heterocycles. The molecule has 0 heterocycles. The van der Waals surface area contributed by atoms with Crippen molar-refractivity contribution in [3.8, 4) is 0 Å². The summed E-state index contributed by atoms with van der Waals surface area (Å²) in [7, 11) is 0. The molecule has 0 atom stereocenters. The molecule has 0 saturated heterocycles. The standard InChI is InChI=1S/C17H17F2N/c1-11-2-7-16(19)17(8-11)20-15-9-13(10-15)12-3-5-14(18)6-4-12/h2-8,13,15,20H,9-10H2,1H3. The van der Waals surface area contributed by atoms with Gasteiger partial charge in [-0.1, -0.05) is 18.2 Å². The number of anilines is 1. The second-order valence-electron chi connectivity index (χ2n) is 5.54. The minimum Gasteiger partial charge on any atom is -0.380 e. The van der Waals surface area contributed by atoms with E-state index in [1.807, 2.05) is 25.1 Å². The summed E-state index contributed by atoms with van der Waals surface area (Å²) in [5.74, 6) is 0.0337. The summed E-state index contributed by atoms with van der Waals surface area (Å²) >= 11 is 0. The predicted octanol–water partition coefficient (Wildman–Crippen LogP) is 4.63. The van der Waals surface area contributed by atoms with Crippen LogP contribution in [0.25, 0.3) is 0 Å². The molecular formula is C17H17F2N. The summed E-state index contributed by atoms with van der Waals surface area (Å²) < 4.78 is 26.5. The van der Waals surface area contributed by atoms with Crippen molar-refractivity contribution in [2.45, 2.75) is 31.7 Å². The normalized spacial score (nSPS) is 21.4. The lowest BCUT2D eigenvalue weighted by Gasteiger charge is -2.37. The molecule has 3 rings (SSSR count). The summed E-state index contributed by atoms with van der Waals surface area (Å²) in [6.07, 6.45) is 1.91. The molecule has 1 saturated carbocycles. The van der Waals surface area contributed by atoms with Crippen LogP contribution in [0.2, 0.25) is 0 Å². The molecule has 2 aromatic carbocycles. The fourth-order valence-corrected chi connectivity index (χ4v) is 2.71. The van der Waals surface area contributed by atoms with E-state index < -0.39 is 0 Å². The molecule has 1 aliphatic rings. The maximum absolute atomic E-state index is 13.7. The molecule has 0 bridgehead atoms. The van der Waals surface area contributed by atoms with Crippen LogP contribution in [0, 0.1) is 18.6 Å². The van der Waals surface area contributed by atoms with Crippen LogP contribution in [0.15, 0.2) is 42.5 Å². The van der Waals surface area contributed by atoms with Crippen LogP contribution in [0.1, 0.15) is 29.9 Å². The first kappa shape index (κ1) is 13.1. The Hall–Kier alpha value is -1.90. The van der Waals surface area contributed by atoms with E-state index in [1.54, 1.807) is 6.07 Å². The average molecular weight is 273 g/mol. The van der Waals surface area contributed by atoms with E-state index >= 15 is 0 Å². The van der Waals surface area contributed by atoms with Crippen molar-refractivity contribution in [3.05, 3.63) is 65.2 Å². The van der Waals surface area contributed by atoms with Crippen molar-refractivity contribution in [3.63, 3.8) is 0 Å². The van der Waals surface area contributed by atoms with Crippen LogP contribution in [-0.4, -0.2) is 6.04 Å².